The van der Waals surface area contributed by atoms with Crippen molar-refractivity contribution in [3.05, 3.63) is 72.6 Å². The molecule has 7 rings (SSSR count). The summed E-state index contributed by atoms with van der Waals surface area (Å²) in [5.74, 6) is 2.20. The van der Waals surface area contributed by atoms with Gasteiger partial charge >= 0.3 is 6.09 Å². The number of guanidine groups is 1. The number of alkyl carbamates (subject to hydrolysis) is 1. The number of aromatic nitrogens is 4. The second-order valence-corrected chi connectivity index (χ2v) is 15.3. The van der Waals surface area contributed by atoms with Crippen molar-refractivity contribution >= 4 is 23.9 Å². The number of imidazole rings is 2. The smallest absolute Gasteiger partial charge is 0.407 e. The fourth-order valence-electron chi connectivity index (χ4n) is 7.83. The summed E-state index contributed by atoms with van der Waals surface area (Å²) in [5.41, 5.74) is 5.97. The zero-order valence-electron chi connectivity index (χ0n) is 32.3. The van der Waals surface area contributed by atoms with E-state index in [1.165, 1.54) is 7.11 Å². The second kappa shape index (κ2) is 16.4. The third kappa shape index (κ3) is 8.08. The normalized spacial score (nSPS) is 19.4. The van der Waals surface area contributed by atoms with Gasteiger partial charge in [0.15, 0.2) is 5.96 Å². The lowest BCUT2D eigenvalue weighted by Gasteiger charge is -2.30. The van der Waals surface area contributed by atoms with Crippen LogP contribution in [0.1, 0.15) is 77.1 Å². The summed E-state index contributed by atoms with van der Waals surface area (Å²) in [7, 11) is 1.30. The van der Waals surface area contributed by atoms with Gasteiger partial charge in [0.25, 0.3) is 0 Å². The maximum atomic E-state index is 13.8. The predicted molar refractivity (Wildman–Crippen MR) is 211 cm³/mol. The van der Waals surface area contributed by atoms with Crippen molar-refractivity contribution in [2.75, 3.05) is 33.3 Å². The molecule has 4 atom stereocenters. The lowest BCUT2D eigenvalue weighted by molar-refractivity contribution is -0.136. The Bertz CT molecular complexity index is 2000. The summed E-state index contributed by atoms with van der Waals surface area (Å²) < 4.78 is 4.76. The molecule has 1 unspecified atom stereocenters. The number of aliphatic imine (C=N–C) groups is 1. The van der Waals surface area contributed by atoms with Crippen molar-refractivity contribution in [1.29, 1.82) is 0 Å². The van der Waals surface area contributed by atoms with Crippen molar-refractivity contribution in [2.45, 2.75) is 77.5 Å². The first-order chi connectivity index (χ1) is 26.6. The molecular formula is C41H52N10O4. The van der Waals surface area contributed by atoms with E-state index in [1.54, 1.807) is 0 Å². The van der Waals surface area contributed by atoms with Gasteiger partial charge in [0.05, 0.1) is 49.5 Å². The summed E-state index contributed by atoms with van der Waals surface area (Å²) in [4.78, 5) is 63.9. The molecule has 0 spiro atoms. The molecule has 2 saturated heterocycles. The third-order valence-corrected chi connectivity index (χ3v) is 10.9. The van der Waals surface area contributed by atoms with Crippen molar-refractivity contribution in [2.24, 2.45) is 16.8 Å². The van der Waals surface area contributed by atoms with Crippen molar-refractivity contribution in [1.82, 2.24) is 45.7 Å². The number of likely N-dealkylation sites (tertiary alicyclic amines) is 2. The van der Waals surface area contributed by atoms with Crippen molar-refractivity contribution in [3.63, 3.8) is 0 Å². The van der Waals surface area contributed by atoms with Crippen molar-refractivity contribution < 1.29 is 19.1 Å². The minimum absolute atomic E-state index is 0.0776. The van der Waals surface area contributed by atoms with Crippen LogP contribution < -0.4 is 16.0 Å². The number of aromatic amines is 2. The molecular weight excluding hydrogens is 697 g/mol. The molecule has 2 fully saturated rings. The quantitative estimate of drug-likeness (QED) is 0.135. The highest BCUT2D eigenvalue weighted by Gasteiger charge is 2.39. The average molecular weight is 749 g/mol. The molecule has 3 amide bonds. The fraction of sp³-hybridized carbons (Fsp3) is 0.463. The highest BCUT2D eigenvalue weighted by molar-refractivity contribution is 5.90. The van der Waals surface area contributed by atoms with Gasteiger partial charge in [-0.3, -0.25) is 14.6 Å². The van der Waals surface area contributed by atoms with E-state index < -0.39 is 12.1 Å². The minimum Gasteiger partial charge on any atom is -0.453 e. The lowest BCUT2D eigenvalue weighted by atomic mass is 10.0. The van der Waals surface area contributed by atoms with Crippen LogP contribution in [-0.2, 0) is 14.3 Å². The molecule has 14 heteroatoms. The number of ether oxygens (including phenoxy) is 1. The predicted octanol–water partition coefficient (Wildman–Crippen LogP) is 5.41. The molecule has 5 N–H and O–H groups in total. The maximum Gasteiger partial charge on any atom is 0.407 e. The molecule has 3 aliphatic heterocycles. The Balaban J connectivity index is 0.994. The Kier molecular flexibility index (Phi) is 11.2. The van der Waals surface area contributed by atoms with Gasteiger partial charge in [0, 0.05) is 19.6 Å². The van der Waals surface area contributed by atoms with Gasteiger partial charge in [-0.05, 0) is 59.8 Å². The second-order valence-electron chi connectivity index (χ2n) is 15.3. The standard InChI is InChI=1S/C41H52N10O4/c1-24(2)34(48-40-42-18-19-43-40)38(52)50-20-6-8-32(50)36-44-22-30(46-36)28-14-10-26(11-15-28)27-12-16-29(17-13-27)31-23-45-37(47-31)33-9-7-21-51(33)39(53)35(25(3)4)49-41(54)55-5/h10-17,22-25,32-35H,6-9,18-21H2,1-5H3,(H,44,46)(H,45,47)(H,49,54)(H2,42,43,48)/t32-,33-,34+,35?/m0/s1. The highest BCUT2D eigenvalue weighted by Crippen LogP contribution is 2.35. The number of amides is 3. The Labute approximate surface area is 321 Å². The number of rotatable bonds is 11. The molecule has 0 radical (unpaired) electrons. The summed E-state index contributed by atoms with van der Waals surface area (Å²) in [6.45, 7) is 10.7. The first-order valence-corrected chi connectivity index (χ1v) is 19.4. The molecule has 55 heavy (non-hydrogen) atoms. The van der Waals surface area contributed by atoms with Gasteiger partial charge in [0.1, 0.15) is 23.7 Å². The van der Waals surface area contributed by atoms with Crippen LogP contribution >= 0.6 is 0 Å². The Morgan fingerprint density at radius 1 is 0.727 bits per heavy atom. The number of carbonyl (C=O) groups excluding carboxylic acids is 3. The van der Waals surface area contributed by atoms with Crippen LogP contribution in [0.2, 0.25) is 0 Å². The van der Waals surface area contributed by atoms with E-state index in [1.807, 2.05) is 36.0 Å². The van der Waals surface area contributed by atoms with Crippen LogP contribution in [0.3, 0.4) is 0 Å². The molecule has 2 aromatic heterocycles. The molecule has 2 aromatic carbocycles. The number of hydrogen-bond acceptors (Lipinski definition) is 9. The number of hydrogen-bond donors (Lipinski definition) is 5. The van der Waals surface area contributed by atoms with E-state index in [-0.39, 0.29) is 41.8 Å². The number of nitrogens with one attached hydrogen (secondary N) is 5. The first-order valence-electron chi connectivity index (χ1n) is 19.4. The van der Waals surface area contributed by atoms with Crippen LogP contribution in [0.4, 0.5) is 4.79 Å². The molecule has 14 nitrogen and oxygen atoms in total. The zero-order chi connectivity index (χ0) is 38.6. The summed E-state index contributed by atoms with van der Waals surface area (Å²) in [5, 5.41) is 9.27. The van der Waals surface area contributed by atoms with Gasteiger partial charge in [0.2, 0.25) is 11.8 Å². The van der Waals surface area contributed by atoms with Crippen LogP contribution in [-0.4, -0.2) is 99.0 Å². The van der Waals surface area contributed by atoms with E-state index >= 15 is 0 Å². The number of benzene rings is 2. The molecule has 290 valence electrons. The van der Waals surface area contributed by atoms with E-state index in [4.69, 9.17) is 9.72 Å². The monoisotopic (exact) mass is 748 g/mol. The number of H-pyrrole nitrogens is 2. The van der Waals surface area contributed by atoms with E-state index in [2.05, 4.69) is 98.3 Å². The van der Waals surface area contributed by atoms with Gasteiger partial charge in [-0.2, -0.15) is 0 Å². The number of methoxy groups -OCH3 is 1. The first kappa shape index (κ1) is 37.6. The Morgan fingerprint density at radius 3 is 1.64 bits per heavy atom. The largest absolute Gasteiger partial charge is 0.453 e. The maximum absolute atomic E-state index is 13.8. The van der Waals surface area contributed by atoms with E-state index in [0.29, 0.717) is 19.0 Å². The van der Waals surface area contributed by atoms with Gasteiger partial charge in [-0.15, -0.1) is 0 Å². The van der Waals surface area contributed by atoms with Gasteiger partial charge in [-0.25, -0.2) is 14.8 Å². The molecule has 0 bridgehead atoms. The Morgan fingerprint density at radius 2 is 1.20 bits per heavy atom. The topological polar surface area (TPSA) is 173 Å². The summed E-state index contributed by atoms with van der Waals surface area (Å²) >= 11 is 0. The summed E-state index contributed by atoms with van der Waals surface area (Å²) in [6, 6.07) is 15.4. The number of nitrogens with zero attached hydrogens (tertiary/aromatic N) is 5. The molecule has 3 aliphatic rings. The number of carbonyl (C=O) groups is 3. The van der Waals surface area contributed by atoms with Gasteiger partial charge < -0.3 is 40.5 Å². The van der Waals surface area contributed by atoms with E-state index in [9.17, 15) is 14.4 Å². The zero-order valence-corrected chi connectivity index (χ0v) is 32.3. The van der Waals surface area contributed by atoms with Crippen LogP contribution in [0.5, 0.6) is 0 Å². The minimum atomic E-state index is -0.678. The lowest BCUT2D eigenvalue weighted by Crippen LogP contribution is -2.53. The fourth-order valence-corrected chi connectivity index (χ4v) is 7.83. The SMILES string of the molecule is COC(=O)NC(C(=O)N1CCC[C@H]1c1ncc(-c2ccc(-c3ccc(-c4cnc([C@@H]5CCCN5C(=O)[C@H](NC5=NCCN5)C(C)C)[nH]4)cc3)cc2)[nH]1)C(C)C. The summed E-state index contributed by atoms with van der Waals surface area (Å²) in [6.07, 6.45) is 6.50. The molecule has 5 heterocycles. The molecule has 4 aromatic rings. The van der Waals surface area contributed by atoms with Crippen molar-refractivity contribution in [3.8, 4) is 33.6 Å². The Hall–Kier alpha value is -5.66. The average Bonchev–Trinajstić information content (AvgIpc) is 4.05. The third-order valence-electron chi connectivity index (χ3n) is 10.9. The van der Waals surface area contributed by atoms with Crippen LogP contribution in [0.15, 0.2) is 65.9 Å². The van der Waals surface area contributed by atoms with Gasteiger partial charge in [-0.1, -0.05) is 76.2 Å². The molecule has 0 aliphatic carbocycles. The highest BCUT2D eigenvalue weighted by atomic mass is 16.5. The molecule has 0 saturated carbocycles. The van der Waals surface area contributed by atoms with E-state index in [0.717, 1.165) is 84.1 Å². The van der Waals surface area contributed by atoms with Crippen LogP contribution in [0, 0.1) is 11.8 Å². The van der Waals surface area contributed by atoms with Crippen LogP contribution in [0.25, 0.3) is 33.6 Å².